The molecule has 1 aliphatic carbocycles. The van der Waals surface area contributed by atoms with Crippen LogP contribution >= 0.6 is 28.3 Å². The summed E-state index contributed by atoms with van der Waals surface area (Å²) in [7, 11) is 0. The quantitative estimate of drug-likeness (QED) is 0.779. The first-order valence-corrected chi connectivity index (χ1v) is 6.82. The molecule has 1 aromatic rings. The first kappa shape index (κ1) is 16.3. The summed E-state index contributed by atoms with van der Waals surface area (Å²) in [5.74, 6) is -1.03. The Bertz CT molecular complexity index is 475. The largest absolute Gasteiger partial charge is 0.507 e. The van der Waals surface area contributed by atoms with Crippen LogP contribution in [0.1, 0.15) is 47.6 Å². The number of phenols is 1. The van der Waals surface area contributed by atoms with E-state index in [2.05, 4.69) is 15.9 Å². The van der Waals surface area contributed by atoms with E-state index in [4.69, 9.17) is 10.8 Å². The van der Waals surface area contributed by atoms with E-state index < -0.39 is 5.97 Å². The number of carbonyl (C=O) groups is 1. The van der Waals surface area contributed by atoms with E-state index in [1.54, 1.807) is 6.07 Å². The number of hydrogen-bond donors (Lipinski definition) is 3. The second kappa shape index (κ2) is 6.59. The molecule has 0 aliphatic heterocycles. The van der Waals surface area contributed by atoms with Gasteiger partial charge in [-0.3, -0.25) is 0 Å². The second-order valence-electron chi connectivity index (χ2n) is 4.73. The van der Waals surface area contributed by atoms with Crippen molar-refractivity contribution in [3.8, 4) is 5.75 Å². The molecule has 0 heterocycles. The van der Waals surface area contributed by atoms with Crippen LogP contribution in [0.15, 0.2) is 16.6 Å². The highest BCUT2D eigenvalue weighted by Crippen LogP contribution is 2.41. The monoisotopic (exact) mass is 349 g/mol. The number of aromatic carboxylic acids is 1. The number of carboxylic acids is 1. The fourth-order valence-electron chi connectivity index (χ4n) is 2.63. The Morgan fingerprint density at radius 3 is 2.47 bits per heavy atom. The van der Waals surface area contributed by atoms with Gasteiger partial charge in [-0.15, -0.1) is 12.4 Å². The number of aromatic hydroxyl groups is 1. The van der Waals surface area contributed by atoms with Gasteiger partial charge in [0.1, 0.15) is 11.3 Å². The number of halogens is 2. The van der Waals surface area contributed by atoms with Crippen molar-refractivity contribution in [3.63, 3.8) is 0 Å². The summed E-state index contributed by atoms with van der Waals surface area (Å²) >= 11 is 3.35. The molecule has 106 valence electrons. The van der Waals surface area contributed by atoms with Gasteiger partial charge in [0.25, 0.3) is 0 Å². The molecule has 1 atom stereocenters. The third-order valence-corrected chi connectivity index (χ3v) is 4.33. The molecule has 0 unspecified atom stereocenters. The average molecular weight is 351 g/mol. The molecular formula is C13H17BrClNO3. The van der Waals surface area contributed by atoms with E-state index in [-0.39, 0.29) is 29.8 Å². The van der Waals surface area contributed by atoms with Crippen molar-refractivity contribution in [3.05, 3.63) is 27.7 Å². The van der Waals surface area contributed by atoms with Crippen LogP contribution in [-0.2, 0) is 0 Å². The van der Waals surface area contributed by atoms with Gasteiger partial charge in [0.2, 0.25) is 0 Å². The number of nitrogens with two attached hydrogens (primary N) is 1. The van der Waals surface area contributed by atoms with E-state index in [0.717, 1.165) is 25.7 Å². The molecule has 0 amide bonds. The molecule has 2 rings (SSSR count). The van der Waals surface area contributed by atoms with Gasteiger partial charge in [0, 0.05) is 16.1 Å². The molecule has 1 aliphatic rings. The lowest BCUT2D eigenvalue weighted by Crippen LogP contribution is -2.20. The van der Waals surface area contributed by atoms with Gasteiger partial charge in [-0.2, -0.15) is 0 Å². The summed E-state index contributed by atoms with van der Waals surface area (Å²) in [5.41, 5.74) is 6.61. The van der Waals surface area contributed by atoms with Crippen molar-refractivity contribution in [2.45, 2.75) is 31.7 Å². The summed E-state index contributed by atoms with van der Waals surface area (Å²) in [5, 5.41) is 19.1. The summed E-state index contributed by atoms with van der Waals surface area (Å²) < 4.78 is 0.671. The van der Waals surface area contributed by atoms with Crippen molar-refractivity contribution < 1.29 is 15.0 Å². The number of benzene rings is 1. The molecular weight excluding hydrogens is 334 g/mol. The van der Waals surface area contributed by atoms with E-state index in [1.165, 1.54) is 6.07 Å². The van der Waals surface area contributed by atoms with Crippen LogP contribution in [0.3, 0.4) is 0 Å². The van der Waals surface area contributed by atoms with Crippen LogP contribution in [0.2, 0.25) is 0 Å². The van der Waals surface area contributed by atoms with Crippen molar-refractivity contribution in [1.29, 1.82) is 0 Å². The minimum absolute atomic E-state index is 0. The lowest BCUT2D eigenvalue weighted by atomic mass is 9.91. The minimum atomic E-state index is -1.14. The summed E-state index contributed by atoms with van der Waals surface area (Å²) in [6.45, 7) is 0. The van der Waals surface area contributed by atoms with Crippen molar-refractivity contribution >= 4 is 34.3 Å². The van der Waals surface area contributed by atoms with Gasteiger partial charge < -0.3 is 15.9 Å². The molecule has 1 fully saturated rings. The molecule has 19 heavy (non-hydrogen) atoms. The summed E-state index contributed by atoms with van der Waals surface area (Å²) in [4.78, 5) is 11.0. The molecule has 4 nitrogen and oxygen atoms in total. The van der Waals surface area contributed by atoms with Crippen molar-refractivity contribution in [2.75, 3.05) is 0 Å². The maximum atomic E-state index is 11.0. The zero-order valence-electron chi connectivity index (χ0n) is 10.3. The van der Waals surface area contributed by atoms with Crippen LogP contribution in [-0.4, -0.2) is 16.2 Å². The molecule has 4 N–H and O–H groups in total. The molecule has 0 spiro atoms. The van der Waals surface area contributed by atoms with Crippen LogP contribution in [0, 0.1) is 5.92 Å². The highest BCUT2D eigenvalue weighted by Gasteiger charge is 2.28. The SMILES string of the molecule is Cl.N[C@H](c1c(Br)ccc(C(=O)O)c1O)C1CCCC1. The fraction of sp³-hybridized carbons (Fsp3) is 0.462. The smallest absolute Gasteiger partial charge is 0.339 e. The van der Waals surface area contributed by atoms with Crippen LogP contribution < -0.4 is 5.73 Å². The second-order valence-corrected chi connectivity index (χ2v) is 5.59. The Labute approximate surface area is 126 Å². The van der Waals surface area contributed by atoms with E-state index >= 15 is 0 Å². The Balaban J connectivity index is 0.00000180. The fourth-order valence-corrected chi connectivity index (χ4v) is 3.21. The minimum Gasteiger partial charge on any atom is -0.507 e. The third-order valence-electron chi connectivity index (χ3n) is 3.64. The molecule has 0 aromatic heterocycles. The average Bonchev–Trinajstić information content (AvgIpc) is 2.81. The van der Waals surface area contributed by atoms with Gasteiger partial charge in [-0.1, -0.05) is 28.8 Å². The molecule has 0 saturated heterocycles. The number of hydrogen-bond acceptors (Lipinski definition) is 3. The summed E-state index contributed by atoms with van der Waals surface area (Å²) in [6.07, 6.45) is 4.36. The van der Waals surface area contributed by atoms with Crippen LogP contribution in [0.5, 0.6) is 5.75 Å². The van der Waals surface area contributed by atoms with Crippen LogP contribution in [0.25, 0.3) is 0 Å². The topological polar surface area (TPSA) is 83.6 Å². The van der Waals surface area contributed by atoms with E-state index in [1.807, 2.05) is 0 Å². The lowest BCUT2D eigenvalue weighted by Gasteiger charge is -2.22. The predicted molar refractivity (Wildman–Crippen MR) is 78.9 cm³/mol. The molecule has 0 bridgehead atoms. The molecule has 0 radical (unpaired) electrons. The van der Waals surface area contributed by atoms with Gasteiger partial charge in [0.05, 0.1) is 0 Å². The zero-order valence-corrected chi connectivity index (χ0v) is 12.7. The Morgan fingerprint density at radius 2 is 1.95 bits per heavy atom. The molecule has 6 heteroatoms. The Kier molecular flexibility index (Phi) is 5.64. The number of rotatable bonds is 3. The normalized spacial score (nSPS) is 16.9. The van der Waals surface area contributed by atoms with Gasteiger partial charge in [0.15, 0.2) is 0 Å². The maximum Gasteiger partial charge on any atom is 0.339 e. The predicted octanol–water partition coefficient (Wildman–Crippen LogP) is 3.46. The number of carboxylic acid groups (broad SMARTS) is 1. The van der Waals surface area contributed by atoms with E-state index in [0.29, 0.717) is 16.0 Å². The molecule has 1 saturated carbocycles. The van der Waals surface area contributed by atoms with E-state index in [9.17, 15) is 9.90 Å². The Morgan fingerprint density at radius 1 is 1.37 bits per heavy atom. The highest BCUT2D eigenvalue weighted by atomic mass is 79.9. The maximum absolute atomic E-state index is 11.0. The van der Waals surface area contributed by atoms with Gasteiger partial charge in [-0.25, -0.2) is 4.79 Å². The third kappa shape index (κ3) is 3.22. The standard InChI is InChI=1S/C13H16BrNO3.ClH/c14-9-6-5-8(13(17)18)12(16)10(9)11(15)7-3-1-2-4-7;/h5-7,11,16H,1-4,15H2,(H,17,18);1H/t11-;/m0./s1. The van der Waals surface area contributed by atoms with Gasteiger partial charge in [-0.05, 0) is 30.9 Å². The van der Waals surface area contributed by atoms with Crippen molar-refractivity contribution in [2.24, 2.45) is 11.7 Å². The van der Waals surface area contributed by atoms with Crippen molar-refractivity contribution in [1.82, 2.24) is 0 Å². The first-order chi connectivity index (χ1) is 8.52. The Hall–Kier alpha value is -0.780. The summed E-state index contributed by atoms with van der Waals surface area (Å²) in [6, 6.07) is 2.70. The lowest BCUT2D eigenvalue weighted by molar-refractivity contribution is 0.0693. The zero-order chi connectivity index (χ0) is 13.3. The first-order valence-electron chi connectivity index (χ1n) is 6.02. The molecule has 1 aromatic carbocycles. The van der Waals surface area contributed by atoms with Crippen LogP contribution in [0.4, 0.5) is 0 Å². The highest BCUT2D eigenvalue weighted by molar-refractivity contribution is 9.10. The van der Waals surface area contributed by atoms with Gasteiger partial charge >= 0.3 is 5.97 Å².